The Labute approximate surface area is 102 Å². The molecule has 86 valence electrons. The molecule has 1 aliphatic rings. The molecular formula is C16H16O. The highest BCUT2D eigenvalue weighted by Gasteiger charge is 2.30. The third kappa shape index (κ3) is 2.05. The SMILES string of the molecule is Oc1ccc(C2CC(c3ccccc3)C2)cc1. The van der Waals surface area contributed by atoms with E-state index in [1.807, 2.05) is 12.1 Å². The summed E-state index contributed by atoms with van der Waals surface area (Å²) in [6.45, 7) is 0. The zero-order chi connectivity index (χ0) is 11.7. The van der Waals surface area contributed by atoms with Crippen LogP contribution in [0.1, 0.15) is 35.8 Å². The standard InChI is InChI=1S/C16H16O/c17-16-8-6-13(7-9-16)15-10-14(11-15)12-4-2-1-3-5-12/h1-9,14-15,17H,10-11H2. The van der Waals surface area contributed by atoms with Gasteiger partial charge in [0.1, 0.15) is 5.75 Å². The molecule has 1 saturated carbocycles. The van der Waals surface area contributed by atoms with Gasteiger partial charge < -0.3 is 5.11 Å². The molecule has 0 heterocycles. The summed E-state index contributed by atoms with van der Waals surface area (Å²) >= 11 is 0. The predicted octanol–water partition coefficient (Wildman–Crippen LogP) is 4.05. The molecular weight excluding hydrogens is 208 g/mol. The van der Waals surface area contributed by atoms with E-state index in [1.54, 1.807) is 12.1 Å². The molecule has 17 heavy (non-hydrogen) atoms. The highest BCUT2D eigenvalue weighted by atomic mass is 16.3. The maximum atomic E-state index is 9.26. The molecule has 3 rings (SSSR count). The van der Waals surface area contributed by atoms with Crippen LogP contribution in [0.25, 0.3) is 0 Å². The lowest BCUT2D eigenvalue weighted by Gasteiger charge is -2.36. The van der Waals surface area contributed by atoms with E-state index in [9.17, 15) is 5.11 Å². The van der Waals surface area contributed by atoms with Crippen LogP contribution in [-0.4, -0.2) is 5.11 Å². The highest BCUT2D eigenvalue weighted by Crippen LogP contribution is 2.47. The normalized spacial score (nSPS) is 23.1. The summed E-state index contributed by atoms with van der Waals surface area (Å²) in [4.78, 5) is 0. The van der Waals surface area contributed by atoms with Crippen LogP contribution in [-0.2, 0) is 0 Å². The van der Waals surface area contributed by atoms with Gasteiger partial charge in [-0.05, 0) is 47.9 Å². The molecule has 0 amide bonds. The van der Waals surface area contributed by atoms with E-state index in [4.69, 9.17) is 0 Å². The fraction of sp³-hybridized carbons (Fsp3) is 0.250. The second kappa shape index (κ2) is 4.25. The van der Waals surface area contributed by atoms with E-state index in [0.29, 0.717) is 11.7 Å². The van der Waals surface area contributed by atoms with Gasteiger partial charge in [0.15, 0.2) is 0 Å². The van der Waals surface area contributed by atoms with Crippen molar-refractivity contribution in [2.45, 2.75) is 24.7 Å². The van der Waals surface area contributed by atoms with Crippen molar-refractivity contribution in [3.63, 3.8) is 0 Å². The van der Waals surface area contributed by atoms with E-state index in [0.717, 1.165) is 5.92 Å². The molecule has 1 nitrogen and oxygen atoms in total. The lowest BCUT2D eigenvalue weighted by atomic mass is 9.68. The molecule has 1 heteroatoms. The van der Waals surface area contributed by atoms with Crippen molar-refractivity contribution in [3.05, 3.63) is 65.7 Å². The topological polar surface area (TPSA) is 20.2 Å². The number of benzene rings is 2. The third-order valence-electron chi connectivity index (χ3n) is 3.77. The second-order valence-corrected chi connectivity index (χ2v) is 4.87. The molecule has 2 aromatic rings. The zero-order valence-corrected chi connectivity index (χ0v) is 9.71. The van der Waals surface area contributed by atoms with Gasteiger partial charge in [-0.25, -0.2) is 0 Å². The van der Waals surface area contributed by atoms with Crippen LogP contribution in [0.15, 0.2) is 54.6 Å². The maximum absolute atomic E-state index is 9.26. The molecule has 2 aromatic carbocycles. The van der Waals surface area contributed by atoms with Crippen molar-refractivity contribution >= 4 is 0 Å². The summed E-state index contributed by atoms with van der Waals surface area (Å²) in [5.74, 6) is 1.74. The smallest absolute Gasteiger partial charge is 0.115 e. The van der Waals surface area contributed by atoms with E-state index in [1.165, 1.54) is 24.0 Å². The Bertz CT molecular complexity index is 481. The van der Waals surface area contributed by atoms with Gasteiger partial charge in [0.05, 0.1) is 0 Å². The minimum absolute atomic E-state index is 0.354. The molecule has 0 aromatic heterocycles. The number of phenolic OH excluding ortho intramolecular Hbond substituents is 1. The number of aromatic hydroxyl groups is 1. The number of hydrogen-bond acceptors (Lipinski definition) is 1. The molecule has 0 saturated heterocycles. The largest absolute Gasteiger partial charge is 0.508 e. The first-order valence-corrected chi connectivity index (χ1v) is 6.17. The Morgan fingerprint density at radius 1 is 0.706 bits per heavy atom. The van der Waals surface area contributed by atoms with E-state index in [2.05, 4.69) is 30.3 Å². The predicted molar refractivity (Wildman–Crippen MR) is 69.3 cm³/mol. The van der Waals surface area contributed by atoms with Crippen LogP contribution in [0.5, 0.6) is 5.75 Å². The Kier molecular flexibility index (Phi) is 2.60. The fourth-order valence-electron chi connectivity index (χ4n) is 2.63. The number of hydrogen-bond donors (Lipinski definition) is 1. The van der Waals surface area contributed by atoms with Gasteiger partial charge in [0.25, 0.3) is 0 Å². The van der Waals surface area contributed by atoms with Gasteiger partial charge in [-0.2, -0.15) is 0 Å². The fourth-order valence-corrected chi connectivity index (χ4v) is 2.63. The highest BCUT2D eigenvalue weighted by molar-refractivity contribution is 5.32. The van der Waals surface area contributed by atoms with E-state index < -0.39 is 0 Å². The Morgan fingerprint density at radius 2 is 1.24 bits per heavy atom. The third-order valence-corrected chi connectivity index (χ3v) is 3.77. The molecule has 0 unspecified atom stereocenters. The van der Waals surface area contributed by atoms with Crippen LogP contribution < -0.4 is 0 Å². The van der Waals surface area contributed by atoms with Crippen LogP contribution >= 0.6 is 0 Å². The monoisotopic (exact) mass is 224 g/mol. The van der Waals surface area contributed by atoms with Crippen molar-refractivity contribution in [2.24, 2.45) is 0 Å². The van der Waals surface area contributed by atoms with Crippen molar-refractivity contribution in [2.75, 3.05) is 0 Å². The first-order valence-electron chi connectivity index (χ1n) is 6.17. The summed E-state index contributed by atoms with van der Waals surface area (Å²) in [6.07, 6.45) is 2.46. The summed E-state index contributed by atoms with van der Waals surface area (Å²) < 4.78 is 0. The van der Waals surface area contributed by atoms with Crippen LogP contribution in [0.4, 0.5) is 0 Å². The molecule has 0 spiro atoms. The van der Waals surface area contributed by atoms with Gasteiger partial charge >= 0.3 is 0 Å². The van der Waals surface area contributed by atoms with Crippen LogP contribution in [0, 0.1) is 0 Å². The summed E-state index contributed by atoms with van der Waals surface area (Å²) in [7, 11) is 0. The van der Waals surface area contributed by atoms with Gasteiger partial charge in [-0.1, -0.05) is 42.5 Å². The van der Waals surface area contributed by atoms with E-state index >= 15 is 0 Å². The quantitative estimate of drug-likeness (QED) is 0.815. The average molecular weight is 224 g/mol. The zero-order valence-electron chi connectivity index (χ0n) is 9.71. The summed E-state index contributed by atoms with van der Waals surface area (Å²) in [5.41, 5.74) is 2.82. The summed E-state index contributed by atoms with van der Waals surface area (Å²) in [5, 5.41) is 9.26. The minimum atomic E-state index is 0.354. The lowest BCUT2D eigenvalue weighted by molar-refractivity contribution is 0.351. The number of phenols is 1. The lowest BCUT2D eigenvalue weighted by Crippen LogP contribution is -2.19. The first kappa shape index (κ1) is 10.4. The van der Waals surface area contributed by atoms with Crippen LogP contribution in [0.2, 0.25) is 0 Å². The van der Waals surface area contributed by atoms with Crippen molar-refractivity contribution in [1.29, 1.82) is 0 Å². The van der Waals surface area contributed by atoms with Gasteiger partial charge in [0, 0.05) is 0 Å². The van der Waals surface area contributed by atoms with Gasteiger partial charge in [-0.15, -0.1) is 0 Å². The summed E-state index contributed by atoms with van der Waals surface area (Å²) in [6, 6.07) is 18.4. The molecule has 0 radical (unpaired) electrons. The van der Waals surface area contributed by atoms with Crippen LogP contribution in [0.3, 0.4) is 0 Å². The van der Waals surface area contributed by atoms with Gasteiger partial charge in [-0.3, -0.25) is 0 Å². The Balaban J connectivity index is 1.67. The average Bonchev–Trinajstić information content (AvgIpc) is 2.31. The molecule has 1 N–H and O–H groups in total. The van der Waals surface area contributed by atoms with E-state index in [-0.39, 0.29) is 0 Å². The van der Waals surface area contributed by atoms with Gasteiger partial charge in [0.2, 0.25) is 0 Å². The molecule has 0 atom stereocenters. The first-order chi connectivity index (χ1) is 8.33. The minimum Gasteiger partial charge on any atom is -0.508 e. The van der Waals surface area contributed by atoms with Crippen molar-refractivity contribution < 1.29 is 5.11 Å². The second-order valence-electron chi connectivity index (χ2n) is 4.87. The maximum Gasteiger partial charge on any atom is 0.115 e. The molecule has 0 aliphatic heterocycles. The molecule has 1 fully saturated rings. The number of rotatable bonds is 2. The van der Waals surface area contributed by atoms with Crippen molar-refractivity contribution in [1.82, 2.24) is 0 Å². The Hall–Kier alpha value is -1.76. The Morgan fingerprint density at radius 3 is 1.82 bits per heavy atom. The molecule has 1 aliphatic carbocycles. The molecule has 0 bridgehead atoms. The van der Waals surface area contributed by atoms with Crippen molar-refractivity contribution in [3.8, 4) is 5.75 Å².